The molecule has 6 heteroatoms. The first-order valence-electron chi connectivity index (χ1n) is 7.10. The molecule has 0 aliphatic carbocycles. The monoisotopic (exact) mass is 322 g/mol. The van der Waals surface area contributed by atoms with E-state index in [0.29, 0.717) is 13.1 Å². The Balaban J connectivity index is 0.00000220. The first kappa shape index (κ1) is 18.3. The van der Waals surface area contributed by atoms with Gasteiger partial charge < -0.3 is 5.32 Å². The molecule has 2 rings (SSSR count). The summed E-state index contributed by atoms with van der Waals surface area (Å²) in [6.07, 6.45) is -4.02. The highest BCUT2D eigenvalue weighted by Crippen LogP contribution is 2.34. The molecule has 0 spiro atoms. The topological polar surface area (TPSA) is 15.3 Å². The minimum atomic E-state index is -4.14. The van der Waals surface area contributed by atoms with Gasteiger partial charge in [-0.15, -0.1) is 12.4 Å². The third-order valence-electron chi connectivity index (χ3n) is 3.79. The predicted octanol–water partition coefficient (Wildman–Crippen LogP) is 3.57. The van der Waals surface area contributed by atoms with Gasteiger partial charge >= 0.3 is 6.18 Å². The molecule has 2 nitrogen and oxygen atoms in total. The van der Waals surface area contributed by atoms with Crippen molar-refractivity contribution in [1.82, 2.24) is 10.2 Å². The van der Waals surface area contributed by atoms with Crippen LogP contribution in [0.3, 0.4) is 0 Å². The Bertz CT molecular complexity index is 414. The summed E-state index contributed by atoms with van der Waals surface area (Å²) < 4.78 is 38.5. The second-order valence-corrected chi connectivity index (χ2v) is 5.22. The molecule has 1 saturated heterocycles. The van der Waals surface area contributed by atoms with Gasteiger partial charge in [-0.2, -0.15) is 13.2 Å². The molecule has 1 aromatic rings. The Morgan fingerprint density at radius 3 is 2.19 bits per heavy atom. The molecule has 1 atom stereocenters. The summed E-state index contributed by atoms with van der Waals surface area (Å²) in [6, 6.07) is 6.99. The Hall–Kier alpha value is -0.780. The van der Waals surface area contributed by atoms with Gasteiger partial charge in [0.25, 0.3) is 0 Å². The Morgan fingerprint density at radius 1 is 1.14 bits per heavy atom. The number of piperazine rings is 1. The third-order valence-corrected chi connectivity index (χ3v) is 3.79. The fraction of sp³-hybridized carbons (Fsp3) is 0.600. The zero-order valence-corrected chi connectivity index (χ0v) is 12.9. The van der Waals surface area contributed by atoms with Crippen molar-refractivity contribution in [3.63, 3.8) is 0 Å². The highest BCUT2D eigenvalue weighted by atomic mass is 35.5. The Labute approximate surface area is 130 Å². The summed E-state index contributed by atoms with van der Waals surface area (Å²) >= 11 is 0. The molecule has 1 aliphatic rings. The predicted molar refractivity (Wildman–Crippen MR) is 80.9 cm³/mol. The minimum absolute atomic E-state index is 0. The smallest absolute Gasteiger partial charge is 0.314 e. The fourth-order valence-corrected chi connectivity index (χ4v) is 2.65. The molecule has 0 radical (unpaired) electrons. The summed E-state index contributed by atoms with van der Waals surface area (Å²) in [5.41, 5.74) is 1.92. The van der Waals surface area contributed by atoms with Crippen molar-refractivity contribution in [3.8, 4) is 0 Å². The van der Waals surface area contributed by atoms with Crippen LogP contribution in [0.5, 0.6) is 0 Å². The maximum Gasteiger partial charge on any atom is 0.390 e. The van der Waals surface area contributed by atoms with Crippen molar-refractivity contribution in [2.75, 3.05) is 26.2 Å². The lowest BCUT2D eigenvalue weighted by molar-refractivity contribution is -0.148. The number of hydrogen-bond acceptors (Lipinski definition) is 2. The number of rotatable bonds is 4. The Kier molecular flexibility index (Phi) is 6.97. The van der Waals surface area contributed by atoms with Crippen LogP contribution in [0.4, 0.5) is 13.2 Å². The van der Waals surface area contributed by atoms with E-state index in [2.05, 4.69) is 5.32 Å². The normalized spacial score (nSPS) is 18.1. The fourth-order valence-electron chi connectivity index (χ4n) is 2.65. The van der Waals surface area contributed by atoms with Crippen molar-refractivity contribution >= 4 is 12.4 Å². The van der Waals surface area contributed by atoms with Crippen LogP contribution in [-0.4, -0.2) is 37.3 Å². The number of benzene rings is 1. The van der Waals surface area contributed by atoms with Gasteiger partial charge in [-0.05, 0) is 17.5 Å². The molecule has 1 aliphatic heterocycles. The van der Waals surface area contributed by atoms with Crippen LogP contribution in [-0.2, 0) is 6.42 Å². The van der Waals surface area contributed by atoms with Crippen molar-refractivity contribution < 1.29 is 13.2 Å². The second kappa shape index (κ2) is 8.01. The molecule has 0 unspecified atom stereocenters. The van der Waals surface area contributed by atoms with Gasteiger partial charge in [0.15, 0.2) is 0 Å². The number of halogens is 4. The number of hydrogen-bond donors (Lipinski definition) is 1. The number of aryl methyl sites for hydroxylation is 1. The molecule has 0 amide bonds. The minimum Gasteiger partial charge on any atom is -0.314 e. The largest absolute Gasteiger partial charge is 0.390 e. The molecule has 1 aromatic carbocycles. The van der Waals surface area contributed by atoms with Crippen molar-refractivity contribution in [1.29, 1.82) is 0 Å². The van der Waals surface area contributed by atoms with Crippen LogP contribution in [0.1, 0.15) is 30.5 Å². The quantitative estimate of drug-likeness (QED) is 0.911. The van der Waals surface area contributed by atoms with Gasteiger partial charge in [0.2, 0.25) is 0 Å². The third kappa shape index (κ3) is 5.49. The lowest BCUT2D eigenvalue weighted by atomic mass is 9.99. The molecular formula is C15H22ClF3N2. The van der Waals surface area contributed by atoms with E-state index in [1.807, 2.05) is 36.1 Å². The van der Waals surface area contributed by atoms with Crippen LogP contribution < -0.4 is 5.32 Å². The Morgan fingerprint density at radius 2 is 1.71 bits per heavy atom. The molecule has 1 N–H and O–H groups in total. The molecule has 21 heavy (non-hydrogen) atoms. The zero-order chi connectivity index (χ0) is 14.6. The lowest BCUT2D eigenvalue weighted by Crippen LogP contribution is -2.46. The average molecular weight is 323 g/mol. The standard InChI is InChI=1S/C15H21F3N2.ClH/c1-2-12-3-5-13(6-4-12)14(11-15(16,17)18)20-9-7-19-8-10-20;/h3-6,14,19H,2,7-11H2,1H3;1H/t14-;/m1./s1. The molecule has 0 bridgehead atoms. The van der Waals surface area contributed by atoms with Crippen LogP contribution in [0.25, 0.3) is 0 Å². The highest BCUT2D eigenvalue weighted by molar-refractivity contribution is 5.85. The average Bonchev–Trinajstić information content (AvgIpc) is 2.45. The molecule has 1 fully saturated rings. The number of nitrogens with one attached hydrogen (secondary N) is 1. The lowest BCUT2D eigenvalue weighted by Gasteiger charge is -2.35. The van der Waals surface area contributed by atoms with Crippen LogP contribution in [0, 0.1) is 0 Å². The van der Waals surface area contributed by atoms with Crippen LogP contribution in [0.15, 0.2) is 24.3 Å². The van der Waals surface area contributed by atoms with Gasteiger partial charge in [0.1, 0.15) is 0 Å². The highest BCUT2D eigenvalue weighted by Gasteiger charge is 2.35. The molecule has 1 heterocycles. The summed E-state index contributed by atoms with van der Waals surface area (Å²) in [6.45, 7) is 4.87. The van der Waals surface area contributed by atoms with Gasteiger partial charge in [-0.25, -0.2) is 0 Å². The van der Waals surface area contributed by atoms with E-state index in [0.717, 1.165) is 30.6 Å². The molecule has 0 aromatic heterocycles. The van der Waals surface area contributed by atoms with E-state index in [-0.39, 0.29) is 12.4 Å². The summed E-state index contributed by atoms with van der Waals surface area (Å²) in [5, 5.41) is 3.18. The molecule has 0 saturated carbocycles. The van der Waals surface area contributed by atoms with E-state index in [1.165, 1.54) is 0 Å². The number of alkyl halides is 3. The zero-order valence-electron chi connectivity index (χ0n) is 12.1. The summed E-state index contributed by atoms with van der Waals surface area (Å²) in [7, 11) is 0. The van der Waals surface area contributed by atoms with E-state index in [4.69, 9.17) is 0 Å². The van der Waals surface area contributed by atoms with Gasteiger partial charge in [-0.3, -0.25) is 4.90 Å². The molecule has 120 valence electrons. The maximum absolute atomic E-state index is 12.8. The SMILES string of the molecule is CCc1ccc([C@@H](CC(F)(F)F)N2CCNCC2)cc1.Cl. The van der Waals surface area contributed by atoms with E-state index >= 15 is 0 Å². The first-order valence-corrected chi connectivity index (χ1v) is 7.10. The van der Waals surface area contributed by atoms with Crippen molar-refractivity contribution in [3.05, 3.63) is 35.4 Å². The molecular weight excluding hydrogens is 301 g/mol. The van der Waals surface area contributed by atoms with Crippen LogP contribution >= 0.6 is 12.4 Å². The first-order chi connectivity index (χ1) is 9.49. The van der Waals surface area contributed by atoms with Crippen molar-refractivity contribution in [2.24, 2.45) is 0 Å². The second-order valence-electron chi connectivity index (χ2n) is 5.22. The van der Waals surface area contributed by atoms with E-state index in [1.54, 1.807) is 0 Å². The summed E-state index contributed by atoms with van der Waals surface area (Å²) in [4.78, 5) is 1.94. The van der Waals surface area contributed by atoms with Crippen LogP contribution in [0.2, 0.25) is 0 Å². The van der Waals surface area contributed by atoms with E-state index in [9.17, 15) is 13.2 Å². The van der Waals surface area contributed by atoms with E-state index < -0.39 is 18.6 Å². The van der Waals surface area contributed by atoms with Gasteiger partial charge in [0.05, 0.1) is 6.42 Å². The number of nitrogens with zero attached hydrogens (tertiary/aromatic N) is 1. The summed E-state index contributed by atoms with van der Waals surface area (Å²) in [5.74, 6) is 0. The maximum atomic E-state index is 12.8. The van der Waals surface area contributed by atoms with Crippen molar-refractivity contribution in [2.45, 2.75) is 32.0 Å². The van der Waals surface area contributed by atoms with Gasteiger partial charge in [-0.1, -0.05) is 31.2 Å². The van der Waals surface area contributed by atoms with Gasteiger partial charge in [0, 0.05) is 32.2 Å².